The van der Waals surface area contributed by atoms with Crippen LogP contribution in [0.4, 0.5) is 0 Å². The summed E-state index contributed by atoms with van der Waals surface area (Å²) >= 11 is 0. The number of aliphatic hydroxyl groups is 1. The second-order valence-electron chi connectivity index (χ2n) is 6.32. The molecule has 1 saturated carbocycles. The molecule has 2 aromatic carbocycles. The molecule has 0 unspecified atom stereocenters. The number of allylic oxidation sites excluding steroid dienone is 2. The van der Waals surface area contributed by atoms with E-state index in [0.717, 1.165) is 34.6 Å². The summed E-state index contributed by atoms with van der Waals surface area (Å²) in [4.78, 5) is 0. The smallest absolute Gasteiger partial charge is 0.146 e. The highest BCUT2D eigenvalue weighted by atomic mass is 31.2. The van der Waals surface area contributed by atoms with E-state index < -0.39 is 7.14 Å². The first-order valence-electron chi connectivity index (χ1n) is 8.35. The minimum atomic E-state index is -2.74. The van der Waals surface area contributed by atoms with Gasteiger partial charge in [0, 0.05) is 16.8 Å². The van der Waals surface area contributed by atoms with Gasteiger partial charge in [0.05, 0.1) is 6.10 Å². The molecule has 0 aromatic heterocycles. The fraction of sp³-hybridized carbons (Fsp3) is 0.238. The van der Waals surface area contributed by atoms with E-state index in [1.807, 2.05) is 66.7 Å². The van der Waals surface area contributed by atoms with Gasteiger partial charge in [-0.15, -0.1) is 0 Å². The van der Waals surface area contributed by atoms with Gasteiger partial charge in [-0.25, -0.2) is 0 Å². The van der Waals surface area contributed by atoms with E-state index in [1.54, 1.807) is 0 Å². The normalized spacial score (nSPS) is 20.3. The molecule has 0 bridgehead atoms. The summed E-state index contributed by atoms with van der Waals surface area (Å²) in [6.45, 7) is 4.11. The van der Waals surface area contributed by atoms with Gasteiger partial charge in [0.1, 0.15) is 7.14 Å². The third kappa shape index (κ3) is 3.61. The average molecular weight is 338 g/mol. The van der Waals surface area contributed by atoms with Gasteiger partial charge in [-0.2, -0.15) is 0 Å². The summed E-state index contributed by atoms with van der Waals surface area (Å²) in [5, 5.41) is 11.7. The van der Waals surface area contributed by atoms with Crippen molar-refractivity contribution in [3.63, 3.8) is 0 Å². The first kappa shape index (κ1) is 17.0. The SMILES string of the molecule is C=C1CC[C@H](O)C/C1=C/CP(=O)(c1ccccc1)c1ccccc1. The van der Waals surface area contributed by atoms with Gasteiger partial charge in [0.25, 0.3) is 0 Å². The molecule has 1 aliphatic carbocycles. The van der Waals surface area contributed by atoms with Crippen LogP contribution in [0.2, 0.25) is 0 Å². The summed E-state index contributed by atoms with van der Waals surface area (Å²) < 4.78 is 13.9. The molecule has 0 amide bonds. The number of rotatable bonds is 4. The van der Waals surface area contributed by atoms with Gasteiger partial charge in [-0.05, 0) is 24.8 Å². The maximum atomic E-state index is 13.9. The lowest BCUT2D eigenvalue weighted by molar-refractivity contribution is 0.158. The first-order chi connectivity index (χ1) is 11.6. The Labute approximate surface area is 143 Å². The standard InChI is InChI=1S/C21H23O2P/c1-17-12-13-19(22)16-18(17)14-15-24(23,20-8-4-2-5-9-20)21-10-6-3-7-11-21/h2-11,14,19,22H,1,12-13,15-16H2/b18-14-/t19-/m0/s1. The van der Waals surface area contributed by atoms with E-state index in [9.17, 15) is 9.67 Å². The van der Waals surface area contributed by atoms with E-state index in [1.165, 1.54) is 0 Å². The summed E-state index contributed by atoms with van der Waals surface area (Å²) in [5.74, 6) is 0. The van der Waals surface area contributed by atoms with Gasteiger partial charge in [-0.3, -0.25) is 0 Å². The van der Waals surface area contributed by atoms with Crippen molar-refractivity contribution in [2.75, 3.05) is 6.16 Å². The van der Waals surface area contributed by atoms with Crippen molar-refractivity contribution in [1.29, 1.82) is 0 Å². The molecule has 3 heteroatoms. The van der Waals surface area contributed by atoms with E-state index >= 15 is 0 Å². The zero-order valence-corrected chi connectivity index (χ0v) is 14.7. The Hall–Kier alpha value is -1.89. The van der Waals surface area contributed by atoms with Crippen LogP contribution in [0.5, 0.6) is 0 Å². The van der Waals surface area contributed by atoms with Crippen molar-refractivity contribution in [3.05, 3.63) is 84.5 Å². The Morgan fingerprint density at radius 1 is 1.04 bits per heavy atom. The molecular weight excluding hydrogens is 315 g/mol. The van der Waals surface area contributed by atoms with Crippen LogP contribution >= 0.6 is 7.14 Å². The third-order valence-electron chi connectivity index (χ3n) is 4.63. The van der Waals surface area contributed by atoms with Crippen LogP contribution in [-0.4, -0.2) is 17.4 Å². The van der Waals surface area contributed by atoms with Crippen molar-refractivity contribution in [2.24, 2.45) is 0 Å². The van der Waals surface area contributed by atoms with Crippen molar-refractivity contribution in [3.8, 4) is 0 Å². The molecule has 0 spiro atoms. The number of hydrogen-bond acceptors (Lipinski definition) is 2. The van der Waals surface area contributed by atoms with Crippen LogP contribution < -0.4 is 10.6 Å². The Bertz CT molecular complexity index is 735. The lowest BCUT2D eigenvalue weighted by atomic mass is 9.89. The average Bonchev–Trinajstić information content (AvgIpc) is 2.63. The molecule has 1 aliphatic rings. The van der Waals surface area contributed by atoms with Crippen molar-refractivity contribution < 1.29 is 9.67 Å². The molecule has 0 heterocycles. The zero-order valence-electron chi connectivity index (χ0n) is 13.8. The Morgan fingerprint density at radius 3 is 2.12 bits per heavy atom. The van der Waals surface area contributed by atoms with E-state index in [0.29, 0.717) is 12.6 Å². The number of benzene rings is 2. The fourth-order valence-electron chi connectivity index (χ4n) is 3.17. The van der Waals surface area contributed by atoms with Crippen LogP contribution in [0.25, 0.3) is 0 Å². The molecule has 124 valence electrons. The number of aliphatic hydroxyl groups excluding tert-OH is 1. The monoisotopic (exact) mass is 338 g/mol. The molecule has 24 heavy (non-hydrogen) atoms. The van der Waals surface area contributed by atoms with Crippen LogP contribution in [0, 0.1) is 0 Å². The third-order valence-corrected chi connectivity index (χ3v) is 7.59. The van der Waals surface area contributed by atoms with Crippen molar-refractivity contribution in [2.45, 2.75) is 25.4 Å². The molecule has 1 atom stereocenters. The van der Waals surface area contributed by atoms with Crippen molar-refractivity contribution in [1.82, 2.24) is 0 Å². The first-order valence-corrected chi connectivity index (χ1v) is 10.2. The zero-order chi connectivity index (χ0) is 17.0. The van der Waals surface area contributed by atoms with Gasteiger partial charge in [0.2, 0.25) is 0 Å². The lowest BCUT2D eigenvalue weighted by Crippen LogP contribution is -2.19. The van der Waals surface area contributed by atoms with Crippen molar-refractivity contribution >= 4 is 17.8 Å². The predicted octanol–water partition coefficient (Wildman–Crippen LogP) is 4.03. The molecule has 2 aromatic rings. The predicted molar refractivity (Wildman–Crippen MR) is 102 cm³/mol. The quantitative estimate of drug-likeness (QED) is 0.855. The van der Waals surface area contributed by atoms with Gasteiger partial charge >= 0.3 is 0 Å². The van der Waals surface area contributed by atoms with Gasteiger partial charge in [0.15, 0.2) is 0 Å². The molecule has 0 aliphatic heterocycles. The summed E-state index contributed by atoms with van der Waals surface area (Å²) in [7, 11) is -2.74. The Morgan fingerprint density at radius 2 is 1.58 bits per heavy atom. The maximum Gasteiger partial charge on any atom is 0.146 e. The topological polar surface area (TPSA) is 37.3 Å². The van der Waals surface area contributed by atoms with Crippen LogP contribution in [-0.2, 0) is 4.57 Å². The highest BCUT2D eigenvalue weighted by Crippen LogP contribution is 2.44. The summed E-state index contributed by atoms with van der Waals surface area (Å²) in [5.41, 5.74) is 2.12. The summed E-state index contributed by atoms with van der Waals surface area (Å²) in [6, 6.07) is 19.4. The second-order valence-corrected chi connectivity index (χ2v) is 9.20. The van der Waals surface area contributed by atoms with Crippen LogP contribution in [0.1, 0.15) is 19.3 Å². The molecular formula is C21H23O2P. The van der Waals surface area contributed by atoms with Crippen LogP contribution in [0.3, 0.4) is 0 Å². The summed E-state index contributed by atoms with van der Waals surface area (Å²) in [6.07, 6.45) is 4.38. The highest BCUT2D eigenvalue weighted by molar-refractivity contribution is 7.78. The molecule has 3 rings (SSSR count). The highest BCUT2D eigenvalue weighted by Gasteiger charge is 2.27. The Balaban J connectivity index is 1.98. The van der Waals surface area contributed by atoms with Crippen LogP contribution in [0.15, 0.2) is 84.5 Å². The number of hydrogen-bond donors (Lipinski definition) is 1. The second kappa shape index (κ2) is 7.34. The molecule has 2 nitrogen and oxygen atoms in total. The maximum absolute atomic E-state index is 13.9. The minimum absolute atomic E-state index is 0.311. The minimum Gasteiger partial charge on any atom is -0.393 e. The molecule has 1 N–H and O–H groups in total. The molecule has 0 radical (unpaired) electrons. The fourth-order valence-corrected chi connectivity index (χ4v) is 5.67. The molecule has 1 fully saturated rings. The molecule has 0 saturated heterocycles. The van der Waals surface area contributed by atoms with Gasteiger partial charge < -0.3 is 9.67 Å². The van der Waals surface area contributed by atoms with E-state index in [-0.39, 0.29) is 6.10 Å². The van der Waals surface area contributed by atoms with E-state index in [2.05, 4.69) is 6.58 Å². The van der Waals surface area contributed by atoms with Gasteiger partial charge in [-0.1, -0.05) is 78.9 Å². The largest absolute Gasteiger partial charge is 0.393 e. The lowest BCUT2D eigenvalue weighted by Gasteiger charge is -2.23. The van der Waals surface area contributed by atoms with E-state index in [4.69, 9.17) is 0 Å². The Kier molecular flexibility index (Phi) is 5.18.